The number of aryl methyl sites for hydroxylation is 1. The van der Waals surface area contributed by atoms with Crippen molar-refractivity contribution in [1.29, 1.82) is 0 Å². The summed E-state index contributed by atoms with van der Waals surface area (Å²) in [5, 5.41) is 3.97. The van der Waals surface area contributed by atoms with Gasteiger partial charge in [0.25, 0.3) is 5.89 Å². The molecule has 0 atom stereocenters. The van der Waals surface area contributed by atoms with Crippen LogP contribution in [0.1, 0.15) is 5.56 Å². The fourth-order valence-electron chi connectivity index (χ4n) is 1.79. The fraction of sp³-hybridized carbons (Fsp3) is 0.0714. The minimum atomic E-state index is 0.410. The first-order chi connectivity index (χ1) is 10.0. The number of hydrogen-bond donors (Lipinski definition) is 1. The molecule has 0 fully saturated rings. The third kappa shape index (κ3) is 2.84. The van der Waals surface area contributed by atoms with Crippen molar-refractivity contribution in [3.8, 4) is 23.0 Å². The van der Waals surface area contributed by atoms with Gasteiger partial charge >= 0.3 is 0 Å². The minimum Gasteiger partial charge on any atom is -0.398 e. The van der Waals surface area contributed by atoms with Crippen LogP contribution in [-0.2, 0) is 0 Å². The van der Waals surface area contributed by atoms with E-state index in [1.165, 1.54) is 0 Å². The molecule has 3 rings (SSSR count). The van der Waals surface area contributed by atoms with E-state index < -0.39 is 0 Å². The van der Waals surface area contributed by atoms with E-state index in [4.69, 9.17) is 10.3 Å². The Morgan fingerprint density at radius 1 is 1.19 bits per heavy atom. The molecule has 0 radical (unpaired) electrons. The molecule has 2 heterocycles. The summed E-state index contributed by atoms with van der Waals surface area (Å²) >= 11 is 6.79. The van der Waals surface area contributed by atoms with Crippen LogP contribution in [0.5, 0.6) is 0 Å². The molecule has 0 unspecified atom stereocenters. The zero-order valence-corrected chi connectivity index (χ0v) is 14.1. The van der Waals surface area contributed by atoms with Gasteiger partial charge in [0.1, 0.15) is 5.69 Å². The zero-order valence-electron chi connectivity index (χ0n) is 11.0. The number of benzene rings is 1. The Hall–Kier alpha value is -1.73. The predicted molar refractivity (Wildman–Crippen MR) is 87.5 cm³/mol. The number of rotatable bonds is 2. The summed E-state index contributed by atoms with van der Waals surface area (Å²) in [7, 11) is 0. The lowest BCUT2D eigenvalue weighted by Crippen LogP contribution is -1.90. The summed E-state index contributed by atoms with van der Waals surface area (Å²) < 4.78 is 6.95. The lowest BCUT2D eigenvalue weighted by Gasteiger charge is -2.00. The standard InChI is InChI=1S/C14H10Br2N4O/c1-7-2-3-8(4-11(7)17)14-19-13(20-21-14)12-10(16)5-9(15)6-18-12/h2-6H,17H2,1H3. The van der Waals surface area contributed by atoms with Gasteiger partial charge in [-0.1, -0.05) is 11.2 Å². The van der Waals surface area contributed by atoms with E-state index in [0.717, 1.165) is 20.1 Å². The molecule has 106 valence electrons. The Kier molecular flexibility index (Phi) is 3.77. The van der Waals surface area contributed by atoms with E-state index >= 15 is 0 Å². The highest BCUT2D eigenvalue weighted by Crippen LogP contribution is 2.29. The van der Waals surface area contributed by atoms with Crippen molar-refractivity contribution in [2.24, 2.45) is 0 Å². The topological polar surface area (TPSA) is 77.8 Å². The van der Waals surface area contributed by atoms with Gasteiger partial charge in [-0.05, 0) is 62.5 Å². The Bertz CT molecular complexity index is 816. The third-order valence-corrected chi connectivity index (χ3v) is 4.01. The molecule has 21 heavy (non-hydrogen) atoms. The van der Waals surface area contributed by atoms with Gasteiger partial charge < -0.3 is 10.3 Å². The van der Waals surface area contributed by atoms with Gasteiger partial charge in [0, 0.05) is 26.4 Å². The molecule has 1 aromatic carbocycles. The van der Waals surface area contributed by atoms with Crippen molar-refractivity contribution in [2.45, 2.75) is 6.92 Å². The highest BCUT2D eigenvalue weighted by molar-refractivity contribution is 9.11. The molecule has 0 amide bonds. The van der Waals surface area contributed by atoms with Crippen LogP contribution in [0.4, 0.5) is 5.69 Å². The van der Waals surface area contributed by atoms with Gasteiger partial charge in [-0.3, -0.25) is 4.98 Å². The molecular formula is C14H10Br2N4O. The highest BCUT2D eigenvalue weighted by Gasteiger charge is 2.15. The summed E-state index contributed by atoms with van der Waals surface area (Å²) in [6.07, 6.45) is 1.68. The van der Waals surface area contributed by atoms with Crippen LogP contribution in [0.15, 0.2) is 43.9 Å². The van der Waals surface area contributed by atoms with Crippen molar-refractivity contribution in [3.05, 3.63) is 45.0 Å². The predicted octanol–water partition coefficient (Wildman–Crippen LogP) is 4.21. The van der Waals surface area contributed by atoms with Crippen LogP contribution in [-0.4, -0.2) is 15.1 Å². The van der Waals surface area contributed by atoms with Crippen LogP contribution in [0.2, 0.25) is 0 Å². The van der Waals surface area contributed by atoms with Gasteiger partial charge in [0.2, 0.25) is 5.82 Å². The number of nitrogens with zero attached hydrogens (tertiary/aromatic N) is 3. The summed E-state index contributed by atoms with van der Waals surface area (Å²) in [4.78, 5) is 8.65. The van der Waals surface area contributed by atoms with Crippen LogP contribution in [0.3, 0.4) is 0 Å². The average molecular weight is 410 g/mol. The van der Waals surface area contributed by atoms with Crippen LogP contribution >= 0.6 is 31.9 Å². The lowest BCUT2D eigenvalue weighted by molar-refractivity contribution is 0.432. The van der Waals surface area contributed by atoms with Crippen molar-refractivity contribution in [1.82, 2.24) is 15.1 Å². The maximum atomic E-state index is 5.90. The SMILES string of the molecule is Cc1ccc(-c2nc(-c3ncc(Br)cc3Br)no2)cc1N. The number of aromatic nitrogens is 3. The number of halogens is 2. The quantitative estimate of drug-likeness (QED) is 0.641. The Balaban J connectivity index is 2.01. The largest absolute Gasteiger partial charge is 0.398 e. The van der Waals surface area contributed by atoms with E-state index in [-0.39, 0.29) is 0 Å². The smallest absolute Gasteiger partial charge is 0.258 e. The first-order valence-corrected chi connectivity index (χ1v) is 7.65. The highest BCUT2D eigenvalue weighted by atomic mass is 79.9. The second-order valence-corrected chi connectivity index (χ2v) is 6.25. The van der Waals surface area contributed by atoms with E-state index in [1.54, 1.807) is 6.20 Å². The van der Waals surface area contributed by atoms with Crippen LogP contribution < -0.4 is 5.73 Å². The van der Waals surface area contributed by atoms with Gasteiger partial charge in [0.05, 0.1) is 0 Å². The fourth-order valence-corrected chi connectivity index (χ4v) is 2.95. The Labute approximate surface area is 137 Å². The molecule has 0 spiro atoms. The molecule has 3 aromatic rings. The first kappa shape index (κ1) is 14.2. The molecule has 0 bridgehead atoms. The van der Waals surface area contributed by atoms with Gasteiger partial charge in [-0.15, -0.1) is 0 Å². The molecule has 7 heteroatoms. The van der Waals surface area contributed by atoms with Gasteiger partial charge in [0.15, 0.2) is 0 Å². The molecule has 5 nitrogen and oxygen atoms in total. The molecular weight excluding hydrogens is 400 g/mol. The second kappa shape index (κ2) is 5.57. The maximum Gasteiger partial charge on any atom is 0.258 e. The van der Waals surface area contributed by atoms with Gasteiger partial charge in [-0.25, -0.2) is 0 Å². The number of nitrogen functional groups attached to an aromatic ring is 1. The molecule has 0 aliphatic heterocycles. The molecule has 2 N–H and O–H groups in total. The number of nitrogens with two attached hydrogens (primary N) is 1. The molecule has 0 saturated carbocycles. The monoisotopic (exact) mass is 408 g/mol. The summed E-state index contributed by atoms with van der Waals surface area (Å²) in [6.45, 7) is 1.95. The van der Waals surface area contributed by atoms with Crippen LogP contribution in [0, 0.1) is 6.92 Å². The first-order valence-electron chi connectivity index (χ1n) is 6.06. The number of hydrogen-bond acceptors (Lipinski definition) is 5. The summed E-state index contributed by atoms with van der Waals surface area (Å²) in [5.74, 6) is 0.830. The second-order valence-electron chi connectivity index (χ2n) is 4.48. The van der Waals surface area contributed by atoms with E-state index in [1.807, 2.05) is 31.2 Å². The third-order valence-electron chi connectivity index (χ3n) is 2.97. The Morgan fingerprint density at radius 2 is 2.00 bits per heavy atom. The number of pyridine rings is 1. The van der Waals surface area contributed by atoms with E-state index in [0.29, 0.717) is 23.1 Å². The van der Waals surface area contributed by atoms with Gasteiger partial charge in [-0.2, -0.15) is 4.98 Å². The van der Waals surface area contributed by atoms with Crippen molar-refractivity contribution >= 4 is 37.5 Å². The van der Waals surface area contributed by atoms with Crippen molar-refractivity contribution in [3.63, 3.8) is 0 Å². The van der Waals surface area contributed by atoms with E-state index in [2.05, 4.69) is 47.0 Å². The molecule has 2 aromatic heterocycles. The summed E-state index contributed by atoms with van der Waals surface area (Å²) in [6, 6.07) is 7.51. The minimum absolute atomic E-state index is 0.410. The lowest BCUT2D eigenvalue weighted by atomic mass is 10.1. The van der Waals surface area contributed by atoms with Crippen molar-refractivity contribution in [2.75, 3.05) is 5.73 Å². The van der Waals surface area contributed by atoms with Crippen molar-refractivity contribution < 1.29 is 4.52 Å². The van der Waals surface area contributed by atoms with Crippen LogP contribution in [0.25, 0.3) is 23.0 Å². The normalized spacial score (nSPS) is 10.8. The Morgan fingerprint density at radius 3 is 2.71 bits per heavy atom. The number of anilines is 1. The molecule has 0 aliphatic rings. The maximum absolute atomic E-state index is 5.90. The van der Waals surface area contributed by atoms with E-state index in [9.17, 15) is 0 Å². The molecule has 0 aliphatic carbocycles. The summed E-state index contributed by atoms with van der Waals surface area (Å²) in [5.41, 5.74) is 9.00. The zero-order chi connectivity index (χ0) is 15.0. The average Bonchev–Trinajstić information content (AvgIpc) is 2.91. The molecule has 0 saturated heterocycles.